The molecule has 0 spiro atoms. The fourth-order valence-corrected chi connectivity index (χ4v) is 2.11. The predicted molar refractivity (Wildman–Crippen MR) is 76.8 cm³/mol. The molecule has 0 aliphatic carbocycles. The Morgan fingerprint density at radius 1 is 1.45 bits per heavy atom. The van der Waals surface area contributed by atoms with Gasteiger partial charge in [-0.1, -0.05) is 13.8 Å². The first kappa shape index (κ1) is 14.0. The molecule has 0 saturated heterocycles. The maximum absolute atomic E-state index is 11.1. The summed E-state index contributed by atoms with van der Waals surface area (Å²) in [6.07, 6.45) is 0. The molecule has 0 atom stereocenters. The molecule has 20 heavy (non-hydrogen) atoms. The van der Waals surface area contributed by atoms with Crippen LogP contribution in [0.5, 0.6) is 5.75 Å². The number of nitro groups is 1. The van der Waals surface area contributed by atoms with E-state index in [-0.39, 0.29) is 11.6 Å². The SMILES string of the molecule is COc1ccc([N+](=O)[O-])c2cc(C(C)C)c(NN)nc12. The Morgan fingerprint density at radius 2 is 2.15 bits per heavy atom. The molecule has 0 radical (unpaired) electrons. The third-order valence-electron chi connectivity index (χ3n) is 3.13. The van der Waals surface area contributed by atoms with Crippen molar-refractivity contribution < 1.29 is 9.66 Å². The molecular weight excluding hydrogens is 260 g/mol. The predicted octanol–water partition coefficient (Wildman–Crippen LogP) is 2.56. The zero-order valence-corrected chi connectivity index (χ0v) is 11.5. The number of aromatic nitrogens is 1. The molecule has 106 valence electrons. The molecule has 1 aromatic carbocycles. The van der Waals surface area contributed by atoms with Gasteiger partial charge in [-0.25, -0.2) is 10.8 Å². The smallest absolute Gasteiger partial charge is 0.279 e. The lowest BCUT2D eigenvalue weighted by molar-refractivity contribution is -0.383. The highest BCUT2D eigenvalue weighted by Gasteiger charge is 2.19. The first-order chi connectivity index (χ1) is 9.49. The fraction of sp³-hybridized carbons (Fsp3) is 0.308. The maximum atomic E-state index is 11.1. The highest BCUT2D eigenvalue weighted by atomic mass is 16.6. The number of fused-ring (bicyclic) bond motifs is 1. The van der Waals surface area contributed by atoms with E-state index in [1.807, 2.05) is 13.8 Å². The molecule has 1 heterocycles. The van der Waals surface area contributed by atoms with Crippen molar-refractivity contribution in [2.24, 2.45) is 5.84 Å². The Kier molecular flexibility index (Phi) is 3.71. The number of hydrogen-bond donors (Lipinski definition) is 2. The van der Waals surface area contributed by atoms with E-state index in [4.69, 9.17) is 10.6 Å². The molecular formula is C13H16N4O3. The second-order valence-electron chi connectivity index (χ2n) is 4.67. The summed E-state index contributed by atoms with van der Waals surface area (Å²) in [5.74, 6) is 6.57. The maximum Gasteiger partial charge on any atom is 0.279 e. The average molecular weight is 276 g/mol. The van der Waals surface area contributed by atoms with E-state index in [0.717, 1.165) is 5.56 Å². The zero-order valence-electron chi connectivity index (χ0n) is 11.5. The largest absolute Gasteiger partial charge is 0.494 e. The van der Waals surface area contributed by atoms with Crippen LogP contribution in [0.4, 0.5) is 11.5 Å². The fourth-order valence-electron chi connectivity index (χ4n) is 2.11. The van der Waals surface area contributed by atoms with Gasteiger partial charge in [-0.2, -0.15) is 0 Å². The summed E-state index contributed by atoms with van der Waals surface area (Å²) < 4.78 is 5.21. The van der Waals surface area contributed by atoms with E-state index in [0.29, 0.717) is 22.5 Å². The number of nitro benzene ring substituents is 1. The normalized spacial score (nSPS) is 10.8. The number of pyridine rings is 1. The summed E-state index contributed by atoms with van der Waals surface area (Å²) in [6, 6.07) is 4.69. The van der Waals surface area contributed by atoms with Crippen molar-refractivity contribution in [1.29, 1.82) is 0 Å². The van der Waals surface area contributed by atoms with E-state index in [1.165, 1.54) is 19.2 Å². The van der Waals surface area contributed by atoms with Gasteiger partial charge in [-0.05, 0) is 23.6 Å². The van der Waals surface area contributed by atoms with Crippen molar-refractivity contribution in [3.05, 3.63) is 33.9 Å². The molecule has 2 rings (SSSR count). The summed E-state index contributed by atoms with van der Waals surface area (Å²) in [7, 11) is 1.49. The van der Waals surface area contributed by atoms with Crippen LogP contribution in [0.2, 0.25) is 0 Å². The van der Waals surface area contributed by atoms with Crippen molar-refractivity contribution in [2.45, 2.75) is 19.8 Å². The number of anilines is 1. The minimum Gasteiger partial charge on any atom is -0.494 e. The van der Waals surface area contributed by atoms with Crippen molar-refractivity contribution in [3.8, 4) is 5.75 Å². The van der Waals surface area contributed by atoms with Gasteiger partial charge < -0.3 is 10.2 Å². The number of methoxy groups -OCH3 is 1. The quantitative estimate of drug-likeness (QED) is 0.505. The molecule has 1 aromatic heterocycles. The van der Waals surface area contributed by atoms with Crippen LogP contribution in [-0.4, -0.2) is 17.0 Å². The van der Waals surface area contributed by atoms with E-state index in [2.05, 4.69) is 10.4 Å². The van der Waals surface area contributed by atoms with Crippen LogP contribution < -0.4 is 16.0 Å². The van der Waals surface area contributed by atoms with E-state index in [9.17, 15) is 10.1 Å². The van der Waals surface area contributed by atoms with E-state index in [1.54, 1.807) is 6.07 Å². The average Bonchev–Trinajstić information content (AvgIpc) is 2.43. The number of nitrogens with two attached hydrogens (primary N) is 1. The van der Waals surface area contributed by atoms with Crippen LogP contribution >= 0.6 is 0 Å². The van der Waals surface area contributed by atoms with Gasteiger partial charge in [-0.15, -0.1) is 0 Å². The van der Waals surface area contributed by atoms with E-state index < -0.39 is 4.92 Å². The van der Waals surface area contributed by atoms with Crippen LogP contribution in [0.3, 0.4) is 0 Å². The minimum absolute atomic E-state index is 0.00114. The van der Waals surface area contributed by atoms with Crippen molar-refractivity contribution in [2.75, 3.05) is 12.5 Å². The van der Waals surface area contributed by atoms with Crippen molar-refractivity contribution >= 4 is 22.4 Å². The zero-order chi connectivity index (χ0) is 14.9. The molecule has 0 fully saturated rings. The van der Waals surface area contributed by atoms with Gasteiger partial charge in [0.1, 0.15) is 17.1 Å². The third kappa shape index (κ3) is 2.23. The van der Waals surface area contributed by atoms with Gasteiger partial charge in [0.15, 0.2) is 0 Å². The van der Waals surface area contributed by atoms with Gasteiger partial charge in [0, 0.05) is 6.07 Å². The number of benzene rings is 1. The lowest BCUT2D eigenvalue weighted by Crippen LogP contribution is -2.12. The van der Waals surface area contributed by atoms with Crippen molar-refractivity contribution in [1.82, 2.24) is 4.98 Å². The topological polar surface area (TPSA) is 103 Å². The molecule has 0 amide bonds. The first-order valence-corrected chi connectivity index (χ1v) is 6.12. The summed E-state index contributed by atoms with van der Waals surface area (Å²) in [6.45, 7) is 3.94. The highest BCUT2D eigenvalue weighted by Crippen LogP contribution is 2.35. The first-order valence-electron chi connectivity index (χ1n) is 6.12. The highest BCUT2D eigenvalue weighted by molar-refractivity contribution is 5.94. The molecule has 0 unspecified atom stereocenters. The van der Waals surface area contributed by atoms with E-state index >= 15 is 0 Å². The standard InChI is InChI=1S/C13H16N4O3/c1-7(2)8-6-9-10(17(18)19)4-5-11(20-3)12(9)15-13(8)16-14/h4-7H,14H2,1-3H3,(H,15,16). The summed E-state index contributed by atoms with van der Waals surface area (Å²) in [4.78, 5) is 15.1. The second kappa shape index (κ2) is 5.30. The summed E-state index contributed by atoms with van der Waals surface area (Å²) in [5, 5.41) is 11.6. The number of nitrogen functional groups attached to an aromatic ring is 1. The number of ether oxygens (including phenoxy) is 1. The number of nitrogens with one attached hydrogen (secondary N) is 1. The van der Waals surface area contributed by atoms with Gasteiger partial charge in [0.2, 0.25) is 0 Å². The Balaban J connectivity index is 2.88. The second-order valence-corrected chi connectivity index (χ2v) is 4.67. The monoisotopic (exact) mass is 276 g/mol. The van der Waals surface area contributed by atoms with Gasteiger partial charge >= 0.3 is 0 Å². The Labute approximate surface area is 115 Å². The van der Waals surface area contributed by atoms with Crippen LogP contribution in [0.15, 0.2) is 18.2 Å². The molecule has 0 aliphatic heterocycles. The van der Waals surface area contributed by atoms with Crippen LogP contribution in [-0.2, 0) is 0 Å². The molecule has 7 heteroatoms. The number of hydrogen-bond acceptors (Lipinski definition) is 6. The molecule has 3 N–H and O–H groups in total. The molecule has 2 aromatic rings. The molecule has 7 nitrogen and oxygen atoms in total. The summed E-state index contributed by atoms with van der Waals surface area (Å²) >= 11 is 0. The molecule has 0 bridgehead atoms. The Bertz CT molecular complexity index is 670. The Morgan fingerprint density at radius 3 is 2.65 bits per heavy atom. The lowest BCUT2D eigenvalue weighted by atomic mass is 10.0. The minimum atomic E-state index is -0.427. The number of hydrazine groups is 1. The van der Waals surface area contributed by atoms with Gasteiger partial charge in [0.05, 0.1) is 17.4 Å². The van der Waals surface area contributed by atoms with Gasteiger partial charge in [-0.3, -0.25) is 10.1 Å². The van der Waals surface area contributed by atoms with Crippen molar-refractivity contribution in [3.63, 3.8) is 0 Å². The molecule has 0 aliphatic rings. The van der Waals surface area contributed by atoms with Crippen LogP contribution in [0.1, 0.15) is 25.3 Å². The van der Waals surface area contributed by atoms with Gasteiger partial charge in [0.25, 0.3) is 5.69 Å². The Hall–Kier alpha value is -2.41. The number of nitrogens with zero attached hydrogens (tertiary/aromatic N) is 2. The van der Waals surface area contributed by atoms with Crippen LogP contribution in [0, 0.1) is 10.1 Å². The number of rotatable bonds is 4. The summed E-state index contributed by atoms with van der Waals surface area (Å²) in [5.41, 5.74) is 3.76. The molecule has 0 saturated carbocycles. The third-order valence-corrected chi connectivity index (χ3v) is 3.13. The number of non-ortho nitro benzene ring substituents is 1. The lowest BCUT2D eigenvalue weighted by Gasteiger charge is -2.14. The van der Waals surface area contributed by atoms with Crippen LogP contribution in [0.25, 0.3) is 10.9 Å².